The van der Waals surface area contributed by atoms with Gasteiger partial charge in [-0.2, -0.15) is 4.99 Å². The normalized spacial score (nSPS) is 11.7. The fourth-order valence-electron chi connectivity index (χ4n) is 2.89. The molecule has 0 aliphatic carbocycles. The average Bonchev–Trinajstić information content (AvgIpc) is 2.97. The average molecular weight is 453 g/mol. The van der Waals surface area contributed by atoms with Crippen LogP contribution in [0.25, 0.3) is 10.2 Å². The molecule has 0 bridgehead atoms. The highest BCUT2D eigenvalue weighted by Crippen LogP contribution is 2.27. The number of aryl methyl sites for hydroxylation is 2. The molecule has 29 heavy (non-hydrogen) atoms. The van der Waals surface area contributed by atoms with Gasteiger partial charge in [0.25, 0.3) is 5.91 Å². The summed E-state index contributed by atoms with van der Waals surface area (Å²) >= 11 is 13.2. The number of methoxy groups -OCH3 is 1. The van der Waals surface area contributed by atoms with E-state index in [0.29, 0.717) is 20.6 Å². The molecule has 152 valence electrons. The van der Waals surface area contributed by atoms with Gasteiger partial charge in [-0.15, -0.1) is 0 Å². The maximum atomic E-state index is 12.4. The monoisotopic (exact) mass is 452 g/mol. The van der Waals surface area contributed by atoms with Crippen LogP contribution in [0.5, 0.6) is 5.75 Å². The third kappa shape index (κ3) is 4.98. The van der Waals surface area contributed by atoms with Gasteiger partial charge in [-0.25, -0.2) is 0 Å². The second-order valence-electron chi connectivity index (χ2n) is 6.34. The number of ether oxygens (including phenoxy) is 2. The van der Waals surface area contributed by atoms with E-state index in [1.165, 1.54) is 24.5 Å². The topological polar surface area (TPSA) is 69.9 Å². The molecule has 0 saturated heterocycles. The minimum atomic E-state index is -0.504. The Labute approximate surface area is 181 Å². The Hall–Kier alpha value is -2.35. The maximum Gasteiger partial charge on any atom is 0.325 e. The van der Waals surface area contributed by atoms with Crippen LogP contribution in [0.15, 0.2) is 35.3 Å². The molecule has 1 aromatic heterocycles. The molecule has 1 amide bonds. The number of hydrogen-bond acceptors (Lipinski definition) is 5. The predicted octanol–water partition coefficient (Wildman–Crippen LogP) is 4.31. The molecule has 0 aliphatic rings. The lowest BCUT2D eigenvalue weighted by Gasteiger charge is -2.07. The van der Waals surface area contributed by atoms with E-state index in [4.69, 9.17) is 32.7 Å². The number of halogens is 2. The van der Waals surface area contributed by atoms with E-state index < -0.39 is 11.9 Å². The van der Waals surface area contributed by atoms with Crippen molar-refractivity contribution in [2.45, 2.75) is 20.4 Å². The highest BCUT2D eigenvalue weighted by atomic mass is 35.5. The van der Waals surface area contributed by atoms with E-state index >= 15 is 0 Å². The Morgan fingerprint density at radius 3 is 2.62 bits per heavy atom. The fourth-order valence-corrected chi connectivity index (χ4v) is 4.57. The van der Waals surface area contributed by atoms with Crippen LogP contribution in [0, 0.1) is 13.8 Å². The highest BCUT2D eigenvalue weighted by Gasteiger charge is 2.14. The molecule has 6 nitrogen and oxygen atoms in total. The number of thiazole rings is 1. The first-order chi connectivity index (χ1) is 13.8. The van der Waals surface area contributed by atoms with Crippen molar-refractivity contribution in [2.24, 2.45) is 4.99 Å². The van der Waals surface area contributed by atoms with Crippen LogP contribution in [0.2, 0.25) is 10.0 Å². The number of fused-ring (bicyclic) bond motifs is 1. The van der Waals surface area contributed by atoms with Crippen LogP contribution < -0.4 is 9.54 Å². The second-order valence-corrected chi connectivity index (χ2v) is 8.20. The number of amides is 1. The van der Waals surface area contributed by atoms with Crippen LogP contribution in [-0.4, -0.2) is 30.2 Å². The molecule has 0 radical (unpaired) electrons. The van der Waals surface area contributed by atoms with Crippen LogP contribution in [0.1, 0.15) is 11.1 Å². The van der Waals surface area contributed by atoms with E-state index in [1.807, 2.05) is 26.0 Å². The van der Waals surface area contributed by atoms with Crippen molar-refractivity contribution >= 4 is 56.6 Å². The van der Waals surface area contributed by atoms with Crippen molar-refractivity contribution in [3.05, 3.63) is 56.3 Å². The van der Waals surface area contributed by atoms with Crippen molar-refractivity contribution in [1.82, 2.24) is 4.57 Å². The van der Waals surface area contributed by atoms with Gasteiger partial charge in [-0.3, -0.25) is 9.59 Å². The van der Waals surface area contributed by atoms with Gasteiger partial charge in [0.1, 0.15) is 12.3 Å². The number of esters is 1. The quantitative estimate of drug-likeness (QED) is 0.540. The maximum absolute atomic E-state index is 12.4. The molecule has 3 rings (SSSR count). The molecule has 9 heteroatoms. The first kappa shape index (κ1) is 21.4. The lowest BCUT2D eigenvalue weighted by Crippen LogP contribution is -2.23. The molecule has 3 aromatic rings. The third-order valence-corrected chi connectivity index (χ3v) is 5.65. The number of carbonyl (C=O) groups excluding carboxylic acids is 2. The number of benzene rings is 2. The van der Waals surface area contributed by atoms with E-state index in [1.54, 1.807) is 16.7 Å². The van der Waals surface area contributed by atoms with E-state index in [9.17, 15) is 9.59 Å². The number of aromatic nitrogens is 1. The number of hydrogen-bond donors (Lipinski definition) is 0. The van der Waals surface area contributed by atoms with Crippen LogP contribution in [-0.2, 0) is 20.9 Å². The molecule has 0 N–H and O–H groups in total. The molecular formula is C20H18Cl2N2O4S. The summed E-state index contributed by atoms with van der Waals surface area (Å²) in [7, 11) is 1.32. The van der Waals surface area contributed by atoms with Gasteiger partial charge in [0.05, 0.1) is 22.3 Å². The van der Waals surface area contributed by atoms with Crippen LogP contribution in [0.4, 0.5) is 0 Å². The Balaban J connectivity index is 1.95. The summed E-state index contributed by atoms with van der Waals surface area (Å²) < 4.78 is 12.9. The van der Waals surface area contributed by atoms with Crippen molar-refractivity contribution < 1.29 is 19.1 Å². The Bertz CT molecular complexity index is 1170. The Kier molecular flexibility index (Phi) is 6.62. The minimum Gasteiger partial charge on any atom is -0.482 e. The standard InChI is InChI=1S/C20H18Cl2N2O4S/c1-11-6-12(2)19-16(7-11)29-20(24(19)9-18(26)27-3)23-17(25)10-28-15-5-4-13(21)8-14(15)22/h4-8H,9-10H2,1-3H3. The molecular weight excluding hydrogens is 435 g/mol. The lowest BCUT2D eigenvalue weighted by atomic mass is 10.1. The molecule has 0 atom stereocenters. The van der Waals surface area contributed by atoms with Gasteiger partial charge >= 0.3 is 5.97 Å². The van der Waals surface area contributed by atoms with Crippen molar-refractivity contribution in [1.29, 1.82) is 0 Å². The lowest BCUT2D eigenvalue weighted by molar-refractivity contribution is -0.141. The molecule has 0 fully saturated rings. The van der Waals surface area contributed by atoms with E-state index in [0.717, 1.165) is 21.3 Å². The van der Waals surface area contributed by atoms with Gasteiger partial charge in [0.2, 0.25) is 0 Å². The summed E-state index contributed by atoms with van der Waals surface area (Å²) in [6.07, 6.45) is 0. The molecule has 0 spiro atoms. The highest BCUT2D eigenvalue weighted by molar-refractivity contribution is 7.16. The Morgan fingerprint density at radius 2 is 1.93 bits per heavy atom. The zero-order chi connectivity index (χ0) is 21.1. The minimum absolute atomic E-state index is 0.0453. The summed E-state index contributed by atoms with van der Waals surface area (Å²) in [5, 5.41) is 0.775. The predicted molar refractivity (Wildman–Crippen MR) is 114 cm³/mol. The SMILES string of the molecule is COC(=O)Cn1c(=NC(=O)COc2ccc(Cl)cc2Cl)sc2cc(C)cc(C)c21. The first-order valence-corrected chi connectivity index (χ1v) is 10.2. The zero-order valence-electron chi connectivity index (χ0n) is 16.0. The summed E-state index contributed by atoms with van der Waals surface area (Å²) in [4.78, 5) is 28.9. The molecule has 1 heterocycles. The van der Waals surface area contributed by atoms with Gasteiger partial charge in [0.15, 0.2) is 11.4 Å². The van der Waals surface area contributed by atoms with Crippen molar-refractivity contribution in [2.75, 3.05) is 13.7 Å². The largest absolute Gasteiger partial charge is 0.482 e. The van der Waals surface area contributed by atoms with E-state index in [2.05, 4.69) is 4.99 Å². The van der Waals surface area contributed by atoms with Crippen LogP contribution in [0.3, 0.4) is 0 Å². The van der Waals surface area contributed by atoms with Gasteiger partial charge < -0.3 is 14.0 Å². The molecule has 0 unspecified atom stereocenters. The second kappa shape index (κ2) is 8.98. The zero-order valence-corrected chi connectivity index (χ0v) is 18.3. The van der Waals surface area contributed by atoms with E-state index in [-0.39, 0.29) is 13.2 Å². The molecule has 2 aromatic carbocycles. The fraction of sp³-hybridized carbons (Fsp3) is 0.250. The molecule has 0 aliphatic heterocycles. The smallest absolute Gasteiger partial charge is 0.325 e. The number of carbonyl (C=O) groups is 2. The van der Waals surface area contributed by atoms with Gasteiger partial charge in [0, 0.05) is 5.02 Å². The Morgan fingerprint density at radius 1 is 1.17 bits per heavy atom. The summed E-state index contributed by atoms with van der Waals surface area (Å²) in [5.74, 6) is -0.594. The summed E-state index contributed by atoms with van der Waals surface area (Å²) in [5.41, 5.74) is 2.91. The summed E-state index contributed by atoms with van der Waals surface area (Å²) in [6, 6.07) is 8.74. The number of rotatable bonds is 5. The summed E-state index contributed by atoms with van der Waals surface area (Å²) in [6.45, 7) is 3.60. The van der Waals surface area contributed by atoms with Gasteiger partial charge in [-0.1, -0.05) is 40.6 Å². The third-order valence-electron chi connectivity index (χ3n) is 4.09. The van der Waals surface area contributed by atoms with Gasteiger partial charge in [-0.05, 0) is 49.2 Å². The van der Waals surface area contributed by atoms with Crippen molar-refractivity contribution in [3.8, 4) is 5.75 Å². The first-order valence-electron chi connectivity index (χ1n) is 8.61. The number of nitrogens with zero attached hydrogens (tertiary/aromatic N) is 2. The molecule has 0 saturated carbocycles. The van der Waals surface area contributed by atoms with Crippen LogP contribution >= 0.6 is 34.5 Å². The van der Waals surface area contributed by atoms with Crippen molar-refractivity contribution in [3.63, 3.8) is 0 Å².